The summed E-state index contributed by atoms with van der Waals surface area (Å²) in [6.07, 6.45) is 1.82. The van der Waals surface area contributed by atoms with Gasteiger partial charge in [0.2, 0.25) is 10.0 Å². The van der Waals surface area contributed by atoms with Crippen molar-refractivity contribution in [2.75, 3.05) is 6.54 Å². The van der Waals surface area contributed by atoms with Crippen molar-refractivity contribution in [3.63, 3.8) is 0 Å². The number of nitrogens with one attached hydrogen (secondary N) is 2. The Labute approximate surface area is 131 Å². The molecule has 0 bridgehead atoms. The van der Waals surface area contributed by atoms with Gasteiger partial charge >= 0.3 is 0 Å². The van der Waals surface area contributed by atoms with Crippen molar-refractivity contribution < 1.29 is 13.2 Å². The molecule has 0 atom stereocenters. The first kappa shape index (κ1) is 17.9. The number of rotatable bonds is 7. The van der Waals surface area contributed by atoms with E-state index in [0.717, 1.165) is 12.8 Å². The van der Waals surface area contributed by atoms with E-state index in [0.29, 0.717) is 6.54 Å². The molecule has 0 unspecified atom stereocenters. The first-order valence-electron chi connectivity index (χ1n) is 6.88. The summed E-state index contributed by atoms with van der Waals surface area (Å²) >= 11 is 5.98. The Morgan fingerprint density at radius 1 is 1.33 bits per heavy atom. The molecule has 5 nitrogen and oxygen atoms in total. The highest BCUT2D eigenvalue weighted by atomic mass is 35.5. The highest BCUT2D eigenvalue weighted by Gasteiger charge is 2.19. The largest absolute Gasteiger partial charge is 0.352 e. The second-order valence-corrected chi connectivity index (χ2v) is 7.15. The van der Waals surface area contributed by atoms with Crippen LogP contribution in [0.2, 0.25) is 5.02 Å². The summed E-state index contributed by atoms with van der Waals surface area (Å²) in [7, 11) is -3.65. The number of carbonyl (C=O) groups excluding carboxylic acids is 1. The SMILES string of the molecule is CCCCNC(=O)c1cc(S(=O)(=O)NC(C)C)ccc1Cl. The first-order valence-corrected chi connectivity index (χ1v) is 8.74. The van der Waals surface area contributed by atoms with E-state index in [2.05, 4.69) is 10.0 Å². The van der Waals surface area contributed by atoms with Gasteiger partial charge < -0.3 is 5.32 Å². The van der Waals surface area contributed by atoms with E-state index < -0.39 is 10.0 Å². The zero-order valence-corrected chi connectivity index (χ0v) is 14.0. The van der Waals surface area contributed by atoms with Crippen molar-refractivity contribution in [2.24, 2.45) is 0 Å². The average molecular weight is 333 g/mol. The Morgan fingerprint density at radius 2 is 2.00 bits per heavy atom. The van der Waals surface area contributed by atoms with Crippen LogP contribution >= 0.6 is 11.6 Å². The number of amides is 1. The highest BCUT2D eigenvalue weighted by molar-refractivity contribution is 7.89. The molecule has 0 saturated carbocycles. The lowest BCUT2D eigenvalue weighted by Crippen LogP contribution is -2.30. The molecule has 2 N–H and O–H groups in total. The van der Waals surface area contributed by atoms with Gasteiger partial charge in [0.25, 0.3) is 5.91 Å². The number of halogens is 1. The molecule has 0 saturated heterocycles. The number of carbonyl (C=O) groups is 1. The van der Waals surface area contributed by atoms with Crippen molar-refractivity contribution >= 4 is 27.5 Å². The van der Waals surface area contributed by atoms with Crippen LogP contribution in [-0.4, -0.2) is 26.9 Å². The molecule has 0 spiro atoms. The second-order valence-electron chi connectivity index (χ2n) is 5.03. The van der Waals surface area contributed by atoms with Crippen LogP contribution < -0.4 is 10.0 Å². The first-order chi connectivity index (χ1) is 9.77. The predicted octanol–water partition coefficient (Wildman–Crippen LogP) is 2.56. The monoisotopic (exact) mass is 332 g/mol. The molecule has 0 radical (unpaired) electrons. The van der Waals surface area contributed by atoms with E-state index >= 15 is 0 Å². The van der Waals surface area contributed by atoms with Gasteiger partial charge in [0.15, 0.2) is 0 Å². The molecule has 1 aromatic carbocycles. The van der Waals surface area contributed by atoms with E-state index in [1.165, 1.54) is 18.2 Å². The predicted molar refractivity (Wildman–Crippen MR) is 84.2 cm³/mol. The minimum atomic E-state index is -3.65. The average Bonchev–Trinajstić information content (AvgIpc) is 2.37. The van der Waals surface area contributed by atoms with Crippen LogP contribution in [0.5, 0.6) is 0 Å². The number of unbranched alkanes of at least 4 members (excludes halogenated alkanes) is 1. The van der Waals surface area contributed by atoms with Crippen LogP contribution in [0.4, 0.5) is 0 Å². The minimum absolute atomic E-state index is 0.0289. The van der Waals surface area contributed by atoms with Crippen molar-refractivity contribution in [3.05, 3.63) is 28.8 Å². The number of sulfonamides is 1. The van der Waals surface area contributed by atoms with Gasteiger partial charge in [-0.15, -0.1) is 0 Å². The molecule has 0 aliphatic rings. The topological polar surface area (TPSA) is 75.3 Å². The Balaban J connectivity index is 3.02. The van der Waals surface area contributed by atoms with Gasteiger partial charge in [0, 0.05) is 12.6 Å². The summed E-state index contributed by atoms with van der Waals surface area (Å²) in [4.78, 5) is 12.1. The normalized spacial score (nSPS) is 11.7. The molecule has 0 aromatic heterocycles. The highest BCUT2D eigenvalue weighted by Crippen LogP contribution is 2.20. The zero-order chi connectivity index (χ0) is 16.0. The smallest absolute Gasteiger partial charge is 0.252 e. The molecule has 0 aliphatic carbocycles. The third-order valence-corrected chi connectivity index (χ3v) is 4.69. The molecule has 0 fully saturated rings. The molecule has 21 heavy (non-hydrogen) atoms. The third kappa shape index (κ3) is 5.30. The van der Waals surface area contributed by atoms with Crippen LogP contribution in [0.3, 0.4) is 0 Å². The van der Waals surface area contributed by atoms with Crippen molar-refractivity contribution in [2.45, 2.75) is 44.6 Å². The lowest BCUT2D eigenvalue weighted by atomic mass is 10.2. The standard InChI is InChI=1S/C14H21ClN2O3S/c1-4-5-8-16-14(18)12-9-11(6-7-13(12)15)21(19,20)17-10(2)3/h6-7,9-10,17H,4-5,8H2,1-3H3,(H,16,18). The summed E-state index contributed by atoms with van der Waals surface area (Å²) in [6, 6.07) is 3.88. The Kier molecular flexibility index (Phi) is 6.64. The lowest BCUT2D eigenvalue weighted by molar-refractivity contribution is 0.0953. The van der Waals surface area contributed by atoms with Gasteiger partial charge in [-0.25, -0.2) is 13.1 Å². The maximum absolute atomic E-state index is 12.1. The van der Waals surface area contributed by atoms with Crippen molar-refractivity contribution in [3.8, 4) is 0 Å². The van der Waals surface area contributed by atoms with Crippen LogP contribution in [-0.2, 0) is 10.0 Å². The van der Waals surface area contributed by atoms with Crippen LogP contribution in [0, 0.1) is 0 Å². The number of hydrogen-bond acceptors (Lipinski definition) is 3. The van der Waals surface area contributed by atoms with Gasteiger partial charge in [-0.2, -0.15) is 0 Å². The molecule has 118 valence electrons. The zero-order valence-electron chi connectivity index (χ0n) is 12.4. The molecule has 1 aromatic rings. The van der Waals surface area contributed by atoms with Gasteiger partial charge in [0.1, 0.15) is 0 Å². The molecule has 7 heteroatoms. The fourth-order valence-corrected chi connectivity index (χ4v) is 3.18. The quantitative estimate of drug-likeness (QED) is 0.753. The maximum Gasteiger partial charge on any atom is 0.252 e. The third-order valence-electron chi connectivity index (χ3n) is 2.70. The van der Waals surface area contributed by atoms with E-state index in [1.807, 2.05) is 6.92 Å². The summed E-state index contributed by atoms with van der Waals surface area (Å²) in [5.41, 5.74) is 0.166. The van der Waals surface area contributed by atoms with Crippen molar-refractivity contribution in [1.29, 1.82) is 0 Å². The van der Waals surface area contributed by atoms with Gasteiger partial charge in [-0.05, 0) is 38.5 Å². The van der Waals surface area contributed by atoms with Gasteiger partial charge in [0.05, 0.1) is 15.5 Å². The van der Waals surface area contributed by atoms with Crippen LogP contribution in [0.25, 0.3) is 0 Å². The fourth-order valence-electron chi connectivity index (χ4n) is 1.70. The summed E-state index contributed by atoms with van der Waals surface area (Å²) in [6.45, 7) is 6.01. The van der Waals surface area contributed by atoms with E-state index in [1.54, 1.807) is 13.8 Å². The Hall–Kier alpha value is -1.11. The van der Waals surface area contributed by atoms with E-state index in [4.69, 9.17) is 11.6 Å². The van der Waals surface area contributed by atoms with E-state index in [-0.39, 0.29) is 27.4 Å². The summed E-state index contributed by atoms with van der Waals surface area (Å²) in [5.74, 6) is -0.366. The second kappa shape index (κ2) is 7.77. The van der Waals surface area contributed by atoms with E-state index in [9.17, 15) is 13.2 Å². The Bertz CT molecular complexity index is 600. The number of benzene rings is 1. The minimum Gasteiger partial charge on any atom is -0.352 e. The summed E-state index contributed by atoms with van der Waals surface area (Å²) < 4.78 is 26.7. The van der Waals surface area contributed by atoms with Crippen LogP contribution in [0.15, 0.2) is 23.1 Å². The lowest BCUT2D eigenvalue weighted by Gasteiger charge is -2.12. The molecule has 1 rings (SSSR count). The van der Waals surface area contributed by atoms with Gasteiger partial charge in [-0.1, -0.05) is 24.9 Å². The van der Waals surface area contributed by atoms with Crippen LogP contribution in [0.1, 0.15) is 44.0 Å². The summed E-state index contributed by atoms with van der Waals surface area (Å²) in [5, 5.41) is 2.95. The molecule has 1 amide bonds. The fraction of sp³-hybridized carbons (Fsp3) is 0.500. The van der Waals surface area contributed by atoms with Gasteiger partial charge in [-0.3, -0.25) is 4.79 Å². The molecular formula is C14H21ClN2O3S. The van der Waals surface area contributed by atoms with Crippen molar-refractivity contribution in [1.82, 2.24) is 10.0 Å². The number of hydrogen-bond donors (Lipinski definition) is 2. The Morgan fingerprint density at radius 3 is 2.57 bits per heavy atom. The molecular weight excluding hydrogens is 312 g/mol. The maximum atomic E-state index is 12.1. The molecule has 0 heterocycles. The molecule has 0 aliphatic heterocycles.